The molecule has 0 saturated heterocycles. The number of benzene rings is 1. The number of hydrogen-bond donors (Lipinski definition) is 1. The zero-order chi connectivity index (χ0) is 14.1. The van der Waals surface area contributed by atoms with Crippen LogP contribution in [-0.4, -0.2) is 21.8 Å². The molecule has 0 radical (unpaired) electrons. The van der Waals surface area contributed by atoms with Gasteiger partial charge in [-0.05, 0) is 34.6 Å². The highest BCUT2D eigenvalue weighted by Gasteiger charge is 2.24. The maximum Gasteiger partial charge on any atom is 0.300 e. The van der Waals surface area contributed by atoms with Crippen LogP contribution in [0.3, 0.4) is 0 Å². The fraction of sp³-hybridized carbons (Fsp3) is 0.538. The second kappa shape index (κ2) is 5.07. The van der Waals surface area contributed by atoms with E-state index in [4.69, 9.17) is 0 Å². The predicted molar refractivity (Wildman–Crippen MR) is 73.5 cm³/mol. The molecule has 0 amide bonds. The van der Waals surface area contributed by atoms with Gasteiger partial charge in [-0.25, -0.2) is 4.63 Å². The van der Waals surface area contributed by atoms with Crippen LogP contribution >= 0.6 is 0 Å². The molecule has 0 spiro atoms. The SMILES string of the molecule is CC1CCCC1CNc1ccc([N+](=O)[O-])c2nonc12. The fourth-order valence-corrected chi connectivity index (χ4v) is 2.91. The molecule has 1 saturated carbocycles. The Bertz CT molecular complexity index is 640. The van der Waals surface area contributed by atoms with Gasteiger partial charge in [0.1, 0.15) is 0 Å². The molecule has 20 heavy (non-hydrogen) atoms. The highest BCUT2D eigenvalue weighted by atomic mass is 16.6. The molecule has 0 aliphatic heterocycles. The summed E-state index contributed by atoms with van der Waals surface area (Å²) < 4.78 is 4.64. The van der Waals surface area contributed by atoms with Crippen LogP contribution in [0.4, 0.5) is 11.4 Å². The van der Waals surface area contributed by atoms with Crippen LogP contribution in [0.2, 0.25) is 0 Å². The smallest absolute Gasteiger partial charge is 0.300 e. The third kappa shape index (κ3) is 2.19. The second-order valence-corrected chi connectivity index (χ2v) is 5.40. The van der Waals surface area contributed by atoms with Gasteiger partial charge in [0.2, 0.25) is 5.52 Å². The third-order valence-corrected chi connectivity index (χ3v) is 4.18. The molecule has 7 heteroatoms. The average molecular weight is 276 g/mol. The van der Waals surface area contributed by atoms with Gasteiger partial charge in [0.25, 0.3) is 0 Å². The number of nitro groups is 1. The van der Waals surface area contributed by atoms with Gasteiger partial charge in [-0.2, -0.15) is 0 Å². The van der Waals surface area contributed by atoms with Gasteiger partial charge < -0.3 is 5.32 Å². The van der Waals surface area contributed by atoms with Crippen molar-refractivity contribution in [1.82, 2.24) is 10.3 Å². The number of hydrogen-bond acceptors (Lipinski definition) is 6. The van der Waals surface area contributed by atoms with Crippen LogP contribution in [0.5, 0.6) is 0 Å². The van der Waals surface area contributed by atoms with E-state index in [9.17, 15) is 10.1 Å². The van der Waals surface area contributed by atoms with Crippen molar-refractivity contribution in [3.63, 3.8) is 0 Å². The summed E-state index contributed by atoms with van der Waals surface area (Å²) in [7, 11) is 0. The van der Waals surface area contributed by atoms with Crippen molar-refractivity contribution in [3.05, 3.63) is 22.2 Å². The van der Waals surface area contributed by atoms with Crippen molar-refractivity contribution in [2.24, 2.45) is 11.8 Å². The summed E-state index contributed by atoms with van der Waals surface area (Å²) in [6.07, 6.45) is 3.77. The number of nitrogens with one attached hydrogen (secondary N) is 1. The fourth-order valence-electron chi connectivity index (χ4n) is 2.91. The molecular weight excluding hydrogens is 260 g/mol. The minimum Gasteiger partial charge on any atom is -0.383 e. The number of nitro benzene ring substituents is 1. The van der Waals surface area contributed by atoms with Crippen LogP contribution in [0.25, 0.3) is 11.0 Å². The summed E-state index contributed by atoms with van der Waals surface area (Å²) in [6.45, 7) is 3.11. The van der Waals surface area contributed by atoms with Crippen LogP contribution < -0.4 is 5.32 Å². The van der Waals surface area contributed by atoms with E-state index in [1.54, 1.807) is 6.07 Å². The van der Waals surface area contributed by atoms with E-state index in [2.05, 4.69) is 27.2 Å². The van der Waals surface area contributed by atoms with E-state index in [-0.39, 0.29) is 11.2 Å². The molecule has 1 aromatic carbocycles. The lowest BCUT2D eigenvalue weighted by Crippen LogP contribution is -2.16. The molecule has 1 N–H and O–H groups in total. The number of aromatic nitrogens is 2. The summed E-state index contributed by atoms with van der Waals surface area (Å²) in [5.41, 5.74) is 1.27. The van der Waals surface area contributed by atoms with Crippen molar-refractivity contribution < 1.29 is 9.55 Å². The van der Waals surface area contributed by atoms with Crippen molar-refractivity contribution in [1.29, 1.82) is 0 Å². The molecule has 2 unspecified atom stereocenters. The lowest BCUT2D eigenvalue weighted by atomic mass is 9.98. The first-order chi connectivity index (χ1) is 9.66. The van der Waals surface area contributed by atoms with Crippen LogP contribution in [-0.2, 0) is 0 Å². The second-order valence-electron chi connectivity index (χ2n) is 5.40. The number of fused-ring (bicyclic) bond motifs is 1. The number of non-ortho nitro benzene ring substituents is 1. The van der Waals surface area contributed by atoms with Gasteiger partial charge >= 0.3 is 5.69 Å². The summed E-state index contributed by atoms with van der Waals surface area (Å²) in [4.78, 5) is 10.4. The summed E-state index contributed by atoms with van der Waals surface area (Å²) in [6, 6.07) is 3.11. The zero-order valence-corrected chi connectivity index (χ0v) is 11.2. The minimum atomic E-state index is -0.477. The quantitative estimate of drug-likeness (QED) is 0.681. The maximum absolute atomic E-state index is 10.9. The summed E-state index contributed by atoms with van der Waals surface area (Å²) in [5.74, 6) is 1.35. The molecule has 106 valence electrons. The first kappa shape index (κ1) is 12.8. The lowest BCUT2D eigenvalue weighted by Gasteiger charge is -2.16. The van der Waals surface area contributed by atoms with Gasteiger partial charge in [-0.1, -0.05) is 19.8 Å². The van der Waals surface area contributed by atoms with Crippen LogP contribution in [0, 0.1) is 22.0 Å². The normalized spacial score (nSPS) is 22.2. The largest absolute Gasteiger partial charge is 0.383 e. The Balaban J connectivity index is 1.83. The van der Waals surface area contributed by atoms with Crippen molar-refractivity contribution in [2.45, 2.75) is 26.2 Å². The number of rotatable bonds is 4. The summed E-state index contributed by atoms with van der Waals surface area (Å²) in [5, 5.41) is 21.6. The van der Waals surface area contributed by atoms with Crippen molar-refractivity contribution >= 4 is 22.4 Å². The third-order valence-electron chi connectivity index (χ3n) is 4.18. The van der Waals surface area contributed by atoms with Crippen molar-refractivity contribution in [3.8, 4) is 0 Å². The molecule has 1 aliphatic carbocycles. The molecule has 2 atom stereocenters. The van der Waals surface area contributed by atoms with E-state index < -0.39 is 4.92 Å². The molecule has 3 rings (SSSR count). The molecule has 1 aliphatic rings. The van der Waals surface area contributed by atoms with Crippen LogP contribution in [0.15, 0.2) is 16.8 Å². The molecule has 0 bridgehead atoms. The standard InChI is InChI=1S/C13H16N4O3/c1-8-3-2-4-9(8)7-14-10-5-6-11(17(18)19)13-12(10)15-20-16-13/h5-6,8-9,14H,2-4,7H2,1H3. The van der Waals surface area contributed by atoms with E-state index in [0.717, 1.165) is 12.2 Å². The first-order valence-electron chi connectivity index (χ1n) is 6.80. The summed E-state index contributed by atoms with van der Waals surface area (Å²) >= 11 is 0. The van der Waals surface area contributed by atoms with Gasteiger partial charge in [0.05, 0.1) is 10.6 Å². The van der Waals surface area contributed by atoms with E-state index in [1.807, 2.05) is 0 Å². The monoisotopic (exact) mass is 276 g/mol. The number of nitrogens with zero attached hydrogens (tertiary/aromatic N) is 3. The zero-order valence-electron chi connectivity index (χ0n) is 11.2. The van der Waals surface area contributed by atoms with Gasteiger partial charge in [-0.3, -0.25) is 10.1 Å². The molecule has 7 nitrogen and oxygen atoms in total. The topological polar surface area (TPSA) is 94.1 Å². The molecule has 1 heterocycles. The Morgan fingerprint density at radius 2 is 2.20 bits per heavy atom. The molecule has 1 fully saturated rings. The predicted octanol–water partition coefficient (Wildman–Crippen LogP) is 2.98. The van der Waals surface area contributed by atoms with E-state index >= 15 is 0 Å². The van der Waals surface area contributed by atoms with Gasteiger partial charge in [0, 0.05) is 12.6 Å². The Labute approximate surface area is 115 Å². The minimum absolute atomic E-state index is 0.0824. The Hall–Kier alpha value is -2.18. The highest BCUT2D eigenvalue weighted by molar-refractivity contribution is 5.93. The maximum atomic E-state index is 10.9. The van der Waals surface area contributed by atoms with Crippen molar-refractivity contribution in [2.75, 3.05) is 11.9 Å². The number of anilines is 1. The average Bonchev–Trinajstić information content (AvgIpc) is 3.04. The molecule has 2 aromatic rings. The molecule has 1 aromatic heterocycles. The Morgan fingerprint density at radius 1 is 1.40 bits per heavy atom. The van der Waals surface area contributed by atoms with E-state index in [0.29, 0.717) is 17.4 Å². The Morgan fingerprint density at radius 3 is 2.90 bits per heavy atom. The van der Waals surface area contributed by atoms with Crippen LogP contribution in [0.1, 0.15) is 26.2 Å². The van der Waals surface area contributed by atoms with E-state index in [1.165, 1.54) is 25.3 Å². The first-order valence-corrected chi connectivity index (χ1v) is 6.80. The Kier molecular flexibility index (Phi) is 3.25. The molecular formula is C13H16N4O3. The van der Waals surface area contributed by atoms with Gasteiger partial charge in [-0.15, -0.1) is 0 Å². The highest BCUT2D eigenvalue weighted by Crippen LogP contribution is 2.33. The van der Waals surface area contributed by atoms with Gasteiger partial charge in [0.15, 0.2) is 5.52 Å². The lowest BCUT2D eigenvalue weighted by molar-refractivity contribution is -0.383.